The van der Waals surface area contributed by atoms with Gasteiger partial charge in [-0.25, -0.2) is 0 Å². The van der Waals surface area contributed by atoms with Gasteiger partial charge in [0.2, 0.25) is 0 Å². The Bertz CT molecular complexity index is 788. The van der Waals surface area contributed by atoms with E-state index in [2.05, 4.69) is 4.98 Å². The first-order valence-corrected chi connectivity index (χ1v) is 8.54. The van der Waals surface area contributed by atoms with Crippen LogP contribution in [0.2, 0.25) is 0 Å². The normalized spacial score (nSPS) is 10.4. The highest BCUT2D eigenvalue weighted by molar-refractivity contribution is 7.08. The van der Waals surface area contributed by atoms with Gasteiger partial charge in [-0.15, -0.1) is 0 Å². The minimum atomic E-state index is 0.00556. The summed E-state index contributed by atoms with van der Waals surface area (Å²) in [5, 5.41) is 3.79. The monoisotopic (exact) mass is 338 g/mol. The van der Waals surface area contributed by atoms with E-state index in [4.69, 9.17) is 4.74 Å². The van der Waals surface area contributed by atoms with Crippen LogP contribution < -0.4 is 4.74 Å². The van der Waals surface area contributed by atoms with Crippen LogP contribution in [0.15, 0.2) is 65.6 Å². The molecule has 4 nitrogen and oxygen atoms in total. The van der Waals surface area contributed by atoms with Gasteiger partial charge in [0.05, 0.1) is 12.7 Å². The van der Waals surface area contributed by atoms with Crippen LogP contribution in [0.1, 0.15) is 21.5 Å². The molecule has 24 heavy (non-hydrogen) atoms. The summed E-state index contributed by atoms with van der Waals surface area (Å²) in [4.78, 5) is 18.8. The maximum absolute atomic E-state index is 12.9. The van der Waals surface area contributed by atoms with Crippen LogP contribution in [-0.2, 0) is 13.1 Å². The molecule has 122 valence electrons. The predicted molar refractivity (Wildman–Crippen MR) is 95.1 cm³/mol. The topological polar surface area (TPSA) is 42.4 Å². The Labute approximate surface area is 145 Å². The summed E-state index contributed by atoms with van der Waals surface area (Å²) in [5.41, 5.74) is 2.68. The van der Waals surface area contributed by atoms with Gasteiger partial charge in [0.15, 0.2) is 0 Å². The van der Waals surface area contributed by atoms with Crippen LogP contribution in [0.4, 0.5) is 0 Å². The molecule has 0 saturated heterocycles. The van der Waals surface area contributed by atoms with Gasteiger partial charge >= 0.3 is 0 Å². The molecule has 3 aromatic rings. The Morgan fingerprint density at radius 2 is 2.04 bits per heavy atom. The number of amides is 1. The van der Waals surface area contributed by atoms with Crippen molar-refractivity contribution in [2.24, 2.45) is 0 Å². The molecule has 0 spiro atoms. The standard InChI is InChI=1S/C19H18N2O2S/c1-23-18-7-3-2-6-16(18)13-21(12-15-5-4-9-20-11-15)19(22)17-8-10-24-14-17/h2-11,14H,12-13H2,1H3. The van der Waals surface area contributed by atoms with Gasteiger partial charge in [0, 0.05) is 36.4 Å². The van der Waals surface area contributed by atoms with E-state index in [1.807, 2.05) is 58.1 Å². The third-order valence-electron chi connectivity index (χ3n) is 3.71. The van der Waals surface area contributed by atoms with Crippen LogP contribution >= 0.6 is 11.3 Å². The lowest BCUT2D eigenvalue weighted by Gasteiger charge is -2.23. The molecule has 0 aliphatic rings. The van der Waals surface area contributed by atoms with Gasteiger partial charge < -0.3 is 9.64 Å². The minimum absolute atomic E-state index is 0.00556. The maximum atomic E-state index is 12.9. The van der Waals surface area contributed by atoms with Crippen molar-refractivity contribution in [2.75, 3.05) is 7.11 Å². The zero-order valence-electron chi connectivity index (χ0n) is 13.4. The highest BCUT2D eigenvalue weighted by atomic mass is 32.1. The predicted octanol–water partition coefficient (Wildman–Crippen LogP) is 3.99. The number of carbonyl (C=O) groups excluding carboxylic acids is 1. The van der Waals surface area contributed by atoms with Crippen molar-refractivity contribution in [3.05, 3.63) is 82.3 Å². The van der Waals surface area contributed by atoms with Gasteiger partial charge in [-0.2, -0.15) is 11.3 Å². The van der Waals surface area contributed by atoms with Crippen molar-refractivity contribution in [2.45, 2.75) is 13.1 Å². The highest BCUT2D eigenvalue weighted by Gasteiger charge is 2.18. The van der Waals surface area contributed by atoms with Gasteiger partial charge in [0.1, 0.15) is 5.75 Å². The van der Waals surface area contributed by atoms with Crippen molar-refractivity contribution in [3.8, 4) is 5.75 Å². The van der Waals surface area contributed by atoms with E-state index in [0.29, 0.717) is 18.7 Å². The first-order valence-electron chi connectivity index (χ1n) is 7.60. The summed E-state index contributed by atoms with van der Waals surface area (Å²) >= 11 is 1.52. The number of aromatic nitrogens is 1. The number of para-hydroxylation sites is 1. The molecule has 2 aromatic heterocycles. The molecule has 0 atom stereocenters. The smallest absolute Gasteiger partial charge is 0.255 e. The van der Waals surface area contributed by atoms with Crippen molar-refractivity contribution < 1.29 is 9.53 Å². The molecule has 0 aliphatic carbocycles. The lowest BCUT2D eigenvalue weighted by atomic mass is 10.1. The molecule has 0 bridgehead atoms. The molecule has 3 rings (SSSR count). The number of thiophene rings is 1. The number of benzene rings is 1. The average molecular weight is 338 g/mol. The molecule has 0 unspecified atom stereocenters. The van der Waals surface area contributed by atoms with Crippen molar-refractivity contribution in [3.63, 3.8) is 0 Å². The van der Waals surface area contributed by atoms with Crippen LogP contribution in [0.25, 0.3) is 0 Å². The minimum Gasteiger partial charge on any atom is -0.496 e. The fourth-order valence-electron chi connectivity index (χ4n) is 2.52. The summed E-state index contributed by atoms with van der Waals surface area (Å²) in [6.45, 7) is 0.980. The number of rotatable bonds is 6. The molecule has 1 amide bonds. The Morgan fingerprint density at radius 3 is 2.75 bits per heavy atom. The van der Waals surface area contributed by atoms with E-state index in [9.17, 15) is 4.79 Å². The number of hydrogen-bond donors (Lipinski definition) is 0. The molecule has 0 saturated carbocycles. The number of carbonyl (C=O) groups is 1. The number of nitrogens with zero attached hydrogens (tertiary/aromatic N) is 2. The molecule has 0 aliphatic heterocycles. The van der Waals surface area contributed by atoms with E-state index < -0.39 is 0 Å². The molecule has 0 fully saturated rings. The second kappa shape index (κ2) is 7.75. The van der Waals surface area contributed by atoms with Crippen LogP contribution in [0.3, 0.4) is 0 Å². The largest absolute Gasteiger partial charge is 0.496 e. The fourth-order valence-corrected chi connectivity index (χ4v) is 3.15. The highest BCUT2D eigenvalue weighted by Crippen LogP contribution is 2.22. The Balaban J connectivity index is 1.88. The Hall–Kier alpha value is -2.66. The second-order valence-electron chi connectivity index (χ2n) is 5.35. The molecule has 1 aromatic carbocycles. The maximum Gasteiger partial charge on any atom is 0.255 e. The third-order valence-corrected chi connectivity index (χ3v) is 4.39. The summed E-state index contributed by atoms with van der Waals surface area (Å²) in [6.07, 6.45) is 3.52. The van der Waals surface area contributed by atoms with E-state index in [1.54, 1.807) is 19.5 Å². The Kier molecular flexibility index (Phi) is 5.23. The van der Waals surface area contributed by atoms with Gasteiger partial charge in [0.25, 0.3) is 5.91 Å². The SMILES string of the molecule is COc1ccccc1CN(Cc1cccnc1)C(=O)c1ccsc1. The van der Waals surface area contributed by atoms with Gasteiger partial charge in [-0.1, -0.05) is 24.3 Å². The first kappa shape index (κ1) is 16.2. The van der Waals surface area contributed by atoms with Crippen LogP contribution in [0, 0.1) is 0 Å². The summed E-state index contributed by atoms with van der Waals surface area (Å²) in [7, 11) is 1.64. The number of hydrogen-bond acceptors (Lipinski definition) is 4. The van der Waals surface area contributed by atoms with Crippen LogP contribution in [0.5, 0.6) is 5.75 Å². The zero-order chi connectivity index (χ0) is 16.8. The van der Waals surface area contributed by atoms with Gasteiger partial charge in [-0.3, -0.25) is 9.78 Å². The number of pyridine rings is 1. The van der Waals surface area contributed by atoms with E-state index in [1.165, 1.54) is 11.3 Å². The van der Waals surface area contributed by atoms with E-state index >= 15 is 0 Å². The number of ether oxygens (including phenoxy) is 1. The number of methoxy groups -OCH3 is 1. The quantitative estimate of drug-likeness (QED) is 0.682. The van der Waals surface area contributed by atoms with Gasteiger partial charge in [-0.05, 0) is 29.1 Å². The van der Waals surface area contributed by atoms with Crippen molar-refractivity contribution in [1.29, 1.82) is 0 Å². The summed E-state index contributed by atoms with van der Waals surface area (Å²) in [6, 6.07) is 13.5. The Morgan fingerprint density at radius 1 is 1.17 bits per heavy atom. The molecule has 2 heterocycles. The molecular weight excluding hydrogens is 320 g/mol. The van der Waals surface area contributed by atoms with E-state index in [-0.39, 0.29) is 5.91 Å². The lowest BCUT2D eigenvalue weighted by molar-refractivity contribution is 0.0729. The average Bonchev–Trinajstić information content (AvgIpc) is 3.16. The molecule has 0 radical (unpaired) electrons. The molecule has 5 heteroatoms. The first-order chi connectivity index (χ1) is 11.8. The van der Waals surface area contributed by atoms with Crippen LogP contribution in [-0.4, -0.2) is 22.9 Å². The third kappa shape index (κ3) is 3.81. The fraction of sp³-hybridized carbons (Fsp3) is 0.158. The summed E-state index contributed by atoms with van der Waals surface area (Å²) < 4.78 is 5.42. The van der Waals surface area contributed by atoms with E-state index in [0.717, 1.165) is 16.9 Å². The second-order valence-corrected chi connectivity index (χ2v) is 6.13. The molecular formula is C19H18N2O2S. The van der Waals surface area contributed by atoms with Crippen molar-refractivity contribution in [1.82, 2.24) is 9.88 Å². The molecule has 0 N–H and O–H groups in total. The van der Waals surface area contributed by atoms with Crippen molar-refractivity contribution >= 4 is 17.2 Å². The summed E-state index contributed by atoms with van der Waals surface area (Å²) in [5.74, 6) is 0.790. The lowest BCUT2D eigenvalue weighted by Crippen LogP contribution is -2.30. The zero-order valence-corrected chi connectivity index (χ0v) is 14.2.